The van der Waals surface area contributed by atoms with Crippen LogP contribution < -0.4 is 5.32 Å². The minimum atomic E-state index is -0.545. The number of esters is 1. The number of nitrogens with zero attached hydrogens (tertiary/aromatic N) is 2. The smallest absolute Gasteiger partial charge is 0.339 e. The molecule has 7 nitrogen and oxygen atoms in total. The molecular formula is C18H19N3O4. The molecule has 130 valence electrons. The summed E-state index contributed by atoms with van der Waals surface area (Å²) in [6.45, 7) is 1.56. The summed E-state index contributed by atoms with van der Waals surface area (Å²) < 4.78 is 4.70. The van der Waals surface area contributed by atoms with Crippen molar-refractivity contribution in [1.82, 2.24) is 9.88 Å². The number of carbonyl (C=O) groups is 3. The molecule has 1 heterocycles. The van der Waals surface area contributed by atoms with Gasteiger partial charge in [-0.25, -0.2) is 4.79 Å². The van der Waals surface area contributed by atoms with Gasteiger partial charge in [0.2, 0.25) is 11.8 Å². The van der Waals surface area contributed by atoms with E-state index in [1.54, 1.807) is 48.8 Å². The van der Waals surface area contributed by atoms with E-state index < -0.39 is 11.9 Å². The summed E-state index contributed by atoms with van der Waals surface area (Å²) in [5.41, 5.74) is 1.46. The Morgan fingerprint density at radius 3 is 2.44 bits per heavy atom. The van der Waals surface area contributed by atoms with Gasteiger partial charge in [0.05, 0.1) is 18.4 Å². The Balaban J connectivity index is 2.07. The van der Waals surface area contributed by atoms with E-state index in [9.17, 15) is 14.4 Å². The molecule has 7 heteroatoms. The predicted molar refractivity (Wildman–Crippen MR) is 91.7 cm³/mol. The average molecular weight is 341 g/mol. The summed E-state index contributed by atoms with van der Waals surface area (Å²) in [5, 5.41) is 2.65. The molecule has 25 heavy (non-hydrogen) atoms. The summed E-state index contributed by atoms with van der Waals surface area (Å²) in [6, 6.07) is 10.1. The number of rotatable bonds is 6. The average Bonchev–Trinajstić information content (AvgIpc) is 2.61. The second-order valence-corrected chi connectivity index (χ2v) is 5.32. The van der Waals surface area contributed by atoms with Crippen LogP contribution in [-0.2, 0) is 20.9 Å². The summed E-state index contributed by atoms with van der Waals surface area (Å²) in [4.78, 5) is 41.2. The number of methoxy groups -OCH3 is 1. The number of para-hydroxylation sites is 1. The monoisotopic (exact) mass is 341 g/mol. The highest BCUT2D eigenvalue weighted by Crippen LogP contribution is 2.16. The van der Waals surface area contributed by atoms with Crippen molar-refractivity contribution in [2.24, 2.45) is 0 Å². The molecule has 1 aromatic heterocycles. The van der Waals surface area contributed by atoms with E-state index in [0.717, 1.165) is 5.56 Å². The molecule has 0 spiro atoms. The molecule has 0 fully saturated rings. The summed E-state index contributed by atoms with van der Waals surface area (Å²) >= 11 is 0. The topological polar surface area (TPSA) is 88.6 Å². The van der Waals surface area contributed by atoms with Crippen LogP contribution >= 0.6 is 0 Å². The Morgan fingerprint density at radius 2 is 1.80 bits per heavy atom. The molecule has 0 unspecified atom stereocenters. The SMILES string of the molecule is COC(=O)c1ccccc1NC(=O)CN(Cc1ccncc1)C(C)=O. The first kappa shape index (κ1) is 18.1. The number of benzene rings is 1. The minimum Gasteiger partial charge on any atom is -0.465 e. The fourth-order valence-corrected chi connectivity index (χ4v) is 2.23. The maximum Gasteiger partial charge on any atom is 0.339 e. The standard InChI is InChI=1S/C18H19N3O4/c1-13(22)21(11-14-7-9-19-10-8-14)12-17(23)20-16-6-4-3-5-15(16)18(24)25-2/h3-10H,11-12H2,1-2H3,(H,20,23). The van der Waals surface area contributed by atoms with E-state index in [2.05, 4.69) is 10.3 Å². The molecule has 2 amide bonds. The Bertz CT molecular complexity index is 762. The Morgan fingerprint density at radius 1 is 1.12 bits per heavy atom. The number of anilines is 1. The molecule has 1 aromatic carbocycles. The first-order valence-electron chi connectivity index (χ1n) is 7.63. The largest absolute Gasteiger partial charge is 0.465 e. The van der Waals surface area contributed by atoms with E-state index in [1.807, 2.05) is 0 Å². The van der Waals surface area contributed by atoms with Gasteiger partial charge in [0.25, 0.3) is 0 Å². The molecule has 2 aromatic rings. The van der Waals surface area contributed by atoms with Crippen LogP contribution in [0.15, 0.2) is 48.8 Å². The van der Waals surface area contributed by atoms with E-state index in [4.69, 9.17) is 4.74 Å². The number of aromatic nitrogens is 1. The van der Waals surface area contributed by atoms with Gasteiger partial charge in [0, 0.05) is 25.9 Å². The van der Waals surface area contributed by atoms with Gasteiger partial charge in [0.1, 0.15) is 6.54 Å². The van der Waals surface area contributed by atoms with Crippen LogP contribution in [-0.4, -0.2) is 41.3 Å². The summed E-state index contributed by atoms with van der Waals surface area (Å²) in [5.74, 6) is -1.18. The summed E-state index contributed by atoms with van der Waals surface area (Å²) in [7, 11) is 1.27. The van der Waals surface area contributed by atoms with E-state index in [-0.39, 0.29) is 18.0 Å². The van der Waals surface area contributed by atoms with Gasteiger partial charge in [-0.2, -0.15) is 0 Å². The highest BCUT2D eigenvalue weighted by Gasteiger charge is 2.17. The van der Waals surface area contributed by atoms with Gasteiger partial charge in [-0.3, -0.25) is 14.6 Å². The van der Waals surface area contributed by atoms with Crippen molar-refractivity contribution in [3.8, 4) is 0 Å². The normalized spacial score (nSPS) is 10.0. The zero-order chi connectivity index (χ0) is 18.2. The minimum absolute atomic E-state index is 0.132. The van der Waals surface area contributed by atoms with Crippen LogP contribution in [0, 0.1) is 0 Å². The highest BCUT2D eigenvalue weighted by molar-refractivity contribution is 6.02. The lowest BCUT2D eigenvalue weighted by molar-refractivity contribution is -0.133. The Kier molecular flexibility index (Phi) is 6.22. The van der Waals surface area contributed by atoms with Crippen LogP contribution in [0.4, 0.5) is 5.69 Å². The third-order valence-electron chi connectivity index (χ3n) is 3.51. The van der Waals surface area contributed by atoms with Gasteiger partial charge in [-0.15, -0.1) is 0 Å². The molecule has 1 N–H and O–H groups in total. The van der Waals surface area contributed by atoms with Crippen molar-refractivity contribution >= 4 is 23.5 Å². The number of ether oxygens (including phenoxy) is 1. The number of amides is 2. The lowest BCUT2D eigenvalue weighted by Crippen LogP contribution is -2.36. The molecule has 0 atom stereocenters. The molecule has 0 radical (unpaired) electrons. The van der Waals surface area contributed by atoms with Crippen molar-refractivity contribution < 1.29 is 19.1 Å². The molecule has 0 aliphatic carbocycles. The Hall–Kier alpha value is -3.22. The molecule has 0 saturated carbocycles. The lowest BCUT2D eigenvalue weighted by Gasteiger charge is -2.21. The lowest BCUT2D eigenvalue weighted by atomic mass is 10.2. The van der Waals surface area contributed by atoms with E-state index >= 15 is 0 Å². The van der Waals surface area contributed by atoms with Crippen LogP contribution in [0.1, 0.15) is 22.8 Å². The molecular weight excluding hydrogens is 322 g/mol. The number of hydrogen-bond donors (Lipinski definition) is 1. The zero-order valence-corrected chi connectivity index (χ0v) is 14.1. The fourth-order valence-electron chi connectivity index (χ4n) is 2.23. The first-order chi connectivity index (χ1) is 12.0. The van der Waals surface area contributed by atoms with E-state index in [1.165, 1.54) is 18.9 Å². The fraction of sp³-hybridized carbons (Fsp3) is 0.222. The van der Waals surface area contributed by atoms with Crippen LogP contribution in [0.25, 0.3) is 0 Å². The van der Waals surface area contributed by atoms with Crippen molar-refractivity contribution in [3.63, 3.8) is 0 Å². The number of pyridine rings is 1. The van der Waals surface area contributed by atoms with Crippen molar-refractivity contribution in [2.75, 3.05) is 19.0 Å². The van der Waals surface area contributed by atoms with Crippen molar-refractivity contribution in [1.29, 1.82) is 0 Å². The molecule has 0 saturated heterocycles. The highest BCUT2D eigenvalue weighted by atomic mass is 16.5. The Labute approximate surface area is 145 Å². The van der Waals surface area contributed by atoms with Gasteiger partial charge in [-0.05, 0) is 29.8 Å². The molecule has 0 aliphatic heterocycles. The second-order valence-electron chi connectivity index (χ2n) is 5.32. The maximum atomic E-state index is 12.3. The second kappa shape index (κ2) is 8.58. The molecule has 0 aliphatic rings. The van der Waals surface area contributed by atoms with Crippen LogP contribution in [0.3, 0.4) is 0 Å². The quantitative estimate of drug-likeness (QED) is 0.810. The molecule has 0 bridgehead atoms. The zero-order valence-electron chi connectivity index (χ0n) is 14.1. The summed E-state index contributed by atoms with van der Waals surface area (Å²) in [6.07, 6.45) is 3.25. The number of carbonyl (C=O) groups excluding carboxylic acids is 3. The van der Waals surface area contributed by atoms with Gasteiger partial charge >= 0.3 is 5.97 Å². The maximum absolute atomic E-state index is 12.3. The van der Waals surface area contributed by atoms with Gasteiger partial charge < -0.3 is 15.0 Å². The van der Waals surface area contributed by atoms with Crippen LogP contribution in [0.5, 0.6) is 0 Å². The molecule has 2 rings (SSSR count). The van der Waals surface area contributed by atoms with Crippen LogP contribution in [0.2, 0.25) is 0 Å². The third-order valence-corrected chi connectivity index (χ3v) is 3.51. The van der Waals surface area contributed by atoms with Crippen molar-refractivity contribution in [2.45, 2.75) is 13.5 Å². The number of nitrogens with one attached hydrogen (secondary N) is 1. The first-order valence-corrected chi connectivity index (χ1v) is 7.63. The van der Waals surface area contributed by atoms with Gasteiger partial charge in [0.15, 0.2) is 0 Å². The van der Waals surface area contributed by atoms with Gasteiger partial charge in [-0.1, -0.05) is 12.1 Å². The third kappa shape index (κ3) is 5.13. The van der Waals surface area contributed by atoms with Crippen molar-refractivity contribution in [3.05, 3.63) is 59.9 Å². The predicted octanol–water partition coefficient (Wildman–Crippen LogP) is 1.86. The van der Waals surface area contributed by atoms with E-state index in [0.29, 0.717) is 12.2 Å². The number of hydrogen-bond acceptors (Lipinski definition) is 5.